The molecule has 94 valence electrons. The van der Waals surface area contributed by atoms with Gasteiger partial charge in [-0.1, -0.05) is 32.9 Å². The van der Waals surface area contributed by atoms with E-state index in [0.29, 0.717) is 6.10 Å². The number of rotatable bonds is 5. The molecular weight excluding hydrogens is 210 g/mol. The van der Waals surface area contributed by atoms with E-state index in [0.717, 1.165) is 12.2 Å². The van der Waals surface area contributed by atoms with Crippen molar-refractivity contribution in [3.8, 4) is 5.75 Å². The first kappa shape index (κ1) is 12.4. The SMILES string of the molecule is CCC(C)(C)C(N)c1ccc(OC2CC2)cc1. The van der Waals surface area contributed by atoms with Crippen LogP contribution in [0.5, 0.6) is 5.75 Å². The van der Waals surface area contributed by atoms with Crippen molar-refractivity contribution in [2.45, 2.75) is 52.2 Å². The maximum absolute atomic E-state index is 6.31. The van der Waals surface area contributed by atoms with E-state index >= 15 is 0 Å². The highest BCUT2D eigenvalue weighted by atomic mass is 16.5. The third-order valence-corrected chi connectivity index (χ3v) is 3.82. The molecule has 2 heteroatoms. The van der Waals surface area contributed by atoms with Gasteiger partial charge in [-0.25, -0.2) is 0 Å². The lowest BCUT2D eigenvalue weighted by molar-refractivity contribution is 0.277. The Kier molecular flexibility index (Phi) is 3.43. The summed E-state index contributed by atoms with van der Waals surface area (Å²) in [4.78, 5) is 0. The Labute approximate surface area is 104 Å². The minimum Gasteiger partial charge on any atom is -0.490 e. The molecule has 1 aliphatic rings. The van der Waals surface area contributed by atoms with Crippen molar-refractivity contribution in [1.82, 2.24) is 0 Å². The zero-order valence-electron chi connectivity index (χ0n) is 11.1. The Morgan fingerprint density at radius 3 is 2.35 bits per heavy atom. The maximum atomic E-state index is 6.31. The second-order valence-corrected chi connectivity index (χ2v) is 5.71. The van der Waals surface area contributed by atoms with Gasteiger partial charge >= 0.3 is 0 Å². The van der Waals surface area contributed by atoms with Crippen LogP contribution in [0.15, 0.2) is 24.3 Å². The topological polar surface area (TPSA) is 35.2 Å². The van der Waals surface area contributed by atoms with Crippen LogP contribution < -0.4 is 10.5 Å². The van der Waals surface area contributed by atoms with Crippen LogP contribution in [0.4, 0.5) is 0 Å². The highest BCUT2D eigenvalue weighted by molar-refractivity contribution is 5.30. The van der Waals surface area contributed by atoms with Crippen molar-refractivity contribution in [2.75, 3.05) is 0 Å². The van der Waals surface area contributed by atoms with E-state index in [-0.39, 0.29) is 11.5 Å². The van der Waals surface area contributed by atoms with Crippen LogP contribution in [-0.2, 0) is 0 Å². The highest BCUT2D eigenvalue weighted by Gasteiger charge is 2.26. The van der Waals surface area contributed by atoms with Gasteiger partial charge in [-0.2, -0.15) is 0 Å². The first-order valence-electron chi connectivity index (χ1n) is 6.55. The Morgan fingerprint density at radius 2 is 1.88 bits per heavy atom. The molecule has 0 aromatic heterocycles. The van der Waals surface area contributed by atoms with E-state index < -0.39 is 0 Å². The minimum atomic E-state index is 0.0856. The Morgan fingerprint density at radius 1 is 1.29 bits per heavy atom. The average molecular weight is 233 g/mol. The molecule has 2 rings (SSSR count). The van der Waals surface area contributed by atoms with Gasteiger partial charge in [-0.15, -0.1) is 0 Å². The normalized spacial score (nSPS) is 17.9. The highest BCUT2D eigenvalue weighted by Crippen LogP contribution is 2.35. The third kappa shape index (κ3) is 3.01. The fourth-order valence-corrected chi connectivity index (χ4v) is 1.80. The summed E-state index contributed by atoms with van der Waals surface area (Å²) in [6.45, 7) is 6.61. The molecular formula is C15H23NO. The van der Waals surface area contributed by atoms with Crippen LogP contribution in [0.25, 0.3) is 0 Å². The standard InChI is InChI=1S/C15H23NO/c1-4-15(2,3)14(16)11-5-7-12(8-6-11)17-13-9-10-13/h5-8,13-14H,4,9-10,16H2,1-3H3. The summed E-state index contributed by atoms with van der Waals surface area (Å²) in [5.41, 5.74) is 7.64. The van der Waals surface area contributed by atoms with E-state index in [1.165, 1.54) is 18.4 Å². The monoisotopic (exact) mass is 233 g/mol. The second-order valence-electron chi connectivity index (χ2n) is 5.71. The molecule has 0 radical (unpaired) electrons. The van der Waals surface area contributed by atoms with Gasteiger partial charge in [0.05, 0.1) is 6.10 Å². The van der Waals surface area contributed by atoms with Gasteiger partial charge in [0, 0.05) is 6.04 Å². The lowest BCUT2D eigenvalue weighted by Crippen LogP contribution is -2.28. The largest absolute Gasteiger partial charge is 0.490 e. The Bertz CT molecular complexity index is 365. The summed E-state index contributed by atoms with van der Waals surface area (Å²) in [6.07, 6.45) is 3.93. The Balaban J connectivity index is 2.05. The fraction of sp³-hybridized carbons (Fsp3) is 0.600. The molecule has 2 N–H and O–H groups in total. The van der Waals surface area contributed by atoms with Gasteiger partial charge in [-0.3, -0.25) is 0 Å². The molecule has 1 aliphatic carbocycles. The van der Waals surface area contributed by atoms with Crippen molar-refractivity contribution in [3.63, 3.8) is 0 Å². The van der Waals surface area contributed by atoms with Gasteiger partial charge in [-0.05, 0) is 42.4 Å². The zero-order chi connectivity index (χ0) is 12.5. The number of ether oxygens (including phenoxy) is 1. The van der Waals surface area contributed by atoms with Crippen LogP contribution in [0.2, 0.25) is 0 Å². The number of hydrogen-bond acceptors (Lipinski definition) is 2. The van der Waals surface area contributed by atoms with Crippen LogP contribution in [-0.4, -0.2) is 6.10 Å². The Hall–Kier alpha value is -1.02. The molecule has 2 nitrogen and oxygen atoms in total. The quantitative estimate of drug-likeness (QED) is 0.842. The summed E-state index contributed by atoms with van der Waals surface area (Å²) in [5, 5.41) is 0. The van der Waals surface area contributed by atoms with E-state index in [1.54, 1.807) is 0 Å². The number of nitrogens with two attached hydrogens (primary N) is 1. The first-order valence-corrected chi connectivity index (χ1v) is 6.55. The molecule has 1 atom stereocenters. The average Bonchev–Trinajstić information content (AvgIpc) is 3.13. The molecule has 1 fully saturated rings. The third-order valence-electron chi connectivity index (χ3n) is 3.82. The van der Waals surface area contributed by atoms with Crippen LogP contribution in [0.1, 0.15) is 51.6 Å². The predicted octanol–water partition coefficient (Wildman–Crippen LogP) is 3.66. The molecule has 0 spiro atoms. The van der Waals surface area contributed by atoms with Crippen LogP contribution in [0.3, 0.4) is 0 Å². The molecule has 17 heavy (non-hydrogen) atoms. The predicted molar refractivity (Wildman–Crippen MR) is 71.1 cm³/mol. The number of benzene rings is 1. The van der Waals surface area contributed by atoms with E-state index in [9.17, 15) is 0 Å². The molecule has 0 aliphatic heterocycles. The van der Waals surface area contributed by atoms with Crippen molar-refractivity contribution in [1.29, 1.82) is 0 Å². The zero-order valence-corrected chi connectivity index (χ0v) is 11.1. The van der Waals surface area contributed by atoms with Crippen LogP contribution in [0, 0.1) is 5.41 Å². The van der Waals surface area contributed by atoms with Crippen LogP contribution >= 0.6 is 0 Å². The lowest BCUT2D eigenvalue weighted by Gasteiger charge is -2.30. The first-order chi connectivity index (χ1) is 8.03. The lowest BCUT2D eigenvalue weighted by atomic mass is 9.79. The molecule has 1 unspecified atom stereocenters. The molecule has 1 saturated carbocycles. The summed E-state index contributed by atoms with van der Waals surface area (Å²) in [5.74, 6) is 0.970. The summed E-state index contributed by atoms with van der Waals surface area (Å²) >= 11 is 0. The van der Waals surface area contributed by atoms with E-state index in [4.69, 9.17) is 10.5 Å². The summed E-state index contributed by atoms with van der Waals surface area (Å²) < 4.78 is 5.73. The van der Waals surface area contributed by atoms with E-state index in [1.807, 2.05) is 12.1 Å². The molecule has 0 saturated heterocycles. The summed E-state index contributed by atoms with van der Waals surface area (Å²) in [7, 11) is 0. The van der Waals surface area contributed by atoms with Crippen molar-refractivity contribution in [2.24, 2.45) is 11.1 Å². The fourth-order valence-electron chi connectivity index (χ4n) is 1.80. The summed E-state index contributed by atoms with van der Waals surface area (Å²) in [6, 6.07) is 8.36. The maximum Gasteiger partial charge on any atom is 0.119 e. The van der Waals surface area contributed by atoms with Crippen molar-refractivity contribution < 1.29 is 4.74 Å². The van der Waals surface area contributed by atoms with Gasteiger partial charge in [0.1, 0.15) is 5.75 Å². The van der Waals surface area contributed by atoms with Gasteiger partial charge in [0.15, 0.2) is 0 Å². The molecule has 1 aromatic rings. The molecule has 0 amide bonds. The van der Waals surface area contributed by atoms with E-state index in [2.05, 4.69) is 32.9 Å². The molecule has 0 bridgehead atoms. The molecule has 1 aromatic carbocycles. The minimum absolute atomic E-state index is 0.0856. The van der Waals surface area contributed by atoms with Gasteiger partial charge < -0.3 is 10.5 Å². The van der Waals surface area contributed by atoms with Gasteiger partial charge in [0.2, 0.25) is 0 Å². The van der Waals surface area contributed by atoms with Crippen molar-refractivity contribution >= 4 is 0 Å². The molecule has 0 heterocycles. The number of hydrogen-bond donors (Lipinski definition) is 1. The van der Waals surface area contributed by atoms with Crippen molar-refractivity contribution in [3.05, 3.63) is 29.8 Å². The second kappa shape index (κ2) is 4.69. The van der Waals surface area contributed by atoms with Gasteiger partial charge in [0.25, 0.3) is 0 Å². The smallest absolute Gasteiger partial charge is 0.119 e.